The van der Waals surface area contributed by atoms with Crippen molar-refractivity contribution in [2.24, 2.45) is 0 Å². The number of nitrogens with zero attached hydrogens (tertiary/aromatic N) is 1. The minimum atomic E-state index is 0.273. The summed E-state index contributed by atoms with van der Waals surface area (Å²) >= 11 is 3.44. The summed E-state index contributed by atoms with van der Waals surface area (Å²) in [7, 11) is 3.23. The topological polar surface area (TPSA) is 42.2 Å². The Balaban J connectivity index is 3.54. The van der Waals surface area contributed by atoms with Gasteiger partial charge in [-0.25, -0.2) is 0 Å². The molecule has 0 unspecified atom stereocenters. The van der Waals surface area contributed by atoms with Crippen molar-refractivity contribution in [3.8, 4) is 17.6 Å². The number of rotatable bonds is 4. The number of hydrogen-bond donors (Lipinski definition) is 0. The van der Waals surface area contributed by atoms with E-state index in [9.17, 15) is 0 Å². The molecule has 0 saturated heterocycles. The van der Waals surface area contributed by atoms with E-state index in [1.165, 1.54) is 0 Å². The zero-order chi connectivity index (χ0) is 13.0. The number of benzene rings is 1. The van der Waals surface area contributed by atoms with E-state index in [1.54, 1.807) is 14.2 Å². The highest BCUT2D eigenvalue weighted by molar-refractivity contribution is 9.10. The molecule has 0 spiro atoms. The molecule has 0 N–H and O–H groups in total. The van der Waals surface area contributed by atoms with E-state index >= 15 is 0 Å². The van der Waals surface area contributed by atoms with Crippen LogP contribution >= 0.6 is 15.9 Å². The van der Waals surface area contributed by atoms with Gasteiger partial charge in [0, 0.05) is 5.56 Å². The maximum atomic E-state index is 8.87. The summed E-state index contributed by atoms with van der Waals surface area (Å²) in [5.41, 5.74) is 2.01. The van der Waals surface area contributed by atoms with Gasteiger partial charge in [-0.3, -0.25) is 0 Å². The van der Waals surface area contributed by atoms with Gasteiger partial charge in [-0.1, -0.05) is 13.8 Å². The Morgan fingerprint density at radius 2 is 1.88 bits per heavy atom. The van der Waals surface area contributed by atoms with Crippen molar-refractivity contribution in [1.82, 2.24) is 0 Å². The van der Waals surface area contributed by atoms with E-state index < -0.39 is 0 Å². The van der Waals surface area contributed by atoms with Crippen LogP contribution in [-0.4, -0.2) is 14.2 Å². The van der Waals surface area contributed by atoms with Gasteiger partial charge in [-0.15, -0.1) is 0 Å². The van der Waals surface area contributed by atoms with Crippen molar-refractivity contribution >= 4 is 15.9 Å². The first kappa shape index (κ1) is 13.9. The highest BCUT2D eigenvalue weighted by Crippen LogP contribution is 2.43. The first-order chi connectivity index (χ1) is 8.06. The second-order valence-corrected chi connectivity index (χ2v) is 4.84. The van der Waals surface area contributed by atoms with Crippen molar-refractivity contribution < 1.29 is 9.47 Å². The molecule has 1 aromatic carbocycles. The van der Waals surface area contributed by atoms with E-state index in [1.807, 2.05) is 6.07 Å². The normalized spacial score (nSPS) is 10.2. The Labute approximate surface area is 110 Å². The molecule has 1 rings (SSSR count). The summed E-state index contributed by atoms with van der Waals surface area (Å²) in [5, 5.41) is 8.87. The molecule has 0 bridgehead atoms. The molecular weight excluding hydrogens is 282 g/mol. The van der Waals surface area contributed by atoms with Crippen LogP contribution < -0.4 is 9.47 Å². The van der Waals surface area contributed by atoms with Crippen molar-refractivity contribution in [3.63, 3.8) is 0 Å². The lowest BCUT2D eigenvalue weighted by Gasteiger charge is -2.19. The van der Waals surface area contributed by atoms with Crippen LogP contribution in [0.3, 0.4) is 0 Å². The van der Waals surface area contributed by atoms with Crippen LogP contribution in [0.5, 0.6) is 11.5 Å². The smallest absolute Gasteiger partial charge is 0.175 e. The van der Waals surface area contributed by atoms with Crippen LogP contribution in [0.4, 0.5) is 0 Å². The predicted molar refractivity (Wildman–Crippen MR) is 70.7 cm³/mol. The van der Waals surface area contributed by atoms with E-state index in [0.717, 1.165) is 15.6 Å². The van der Waals surface area contributed by atoms with Crippen molar-refractivity contribution in [2.45, 2.75) is 26.2 Å². The van der Waals surface area contributed by atoms with E-state index in [0.29, 0.717) is 17.9 Å². The first-order valence-corrected chi connectivity index (χ1v) is 6.16. The van der Waals surface area contributed by atoms with Gasteiger partial charge in [0.2, 0.25) is 0 Å². The van der Waals surface area contributed by atoms with Crippen LogP contribution in [0, 0.1) is 11.3 Å². The summed E-state index contributed by atoms with van der Waals surface area (Å²) in [6, 6.07) is 4.11. The number of ether oxygens (including phenoxy) is 2. The molecule has 0 radical (unpaired) electrons. The summed E-state index contributed by atoms with van der Waals surface area (Å²) in [6.45, 7) is 4.15. The Bertz CT molecular complexity index is 450. The van der Waals surface area contributed by atoms with Gasteiger partial charge in [-0.2, -0.15) is 5.26 Å². The zero-order valence-electron chi connectivity index (χ0n) is 10.5. The third-order valence-electron chi connectivity index (χ3n) is 2.57. The van der Waals surface area contributed by atoms with Gasteiger partial charge in [0.25, 0.3) is 0 Å². The molecule has 0 heterocycles. The number of nitriles is 1. The number of halogens is 1. The van der Waals surface area contributed by atoms with Gasteiger partial charge in [0.05, 0.1) is 31.2 Å². The molecule has 0 aliphatic rings. The lowest BCUT2D eigenvalue weighted by molar-refractivity contribution is 0.348. The highest BCUT2D eigenvalue weighted by atomic mass is 79.9. The molecule has 1 aromatic rings. The average molecular weight is 298 g/mol. The van der Waals surface area contributed by atoms with Crippen LogP contribution in [0.25, 0.3) is 0 Å². The lowest BCUT2D eigenvalue weighted by atomic mass is 9.94. The third-order valence-corrected chi connectivity index (χ3v) is 3.16. The van der Waals surface area contributed by atoms with E-state index in [2.05, 4.69) is 35.8 Å². The number of hydrogen-bond acceptors (Lipinski definition) is 3. The Hall–Kier alpha value is -1.21. The molecule has 0 aliphatic heterocycles. The predicted octanol–water partition coefficient (Wildman–Crippen LogP) is 3.66. The molecule has 0 saturated carbocycles. The molecule has 17 heavy (non-hydrogen) atoms. The molecule has 0 aromatic heterocycles. The second-order valence-electron chi connectivity index (χ2n) is 3.99. The quantitative estimate of drug-likeness (QED) is 0.852. The van der Waals surface area contributed by atoms with Crippen molar-refractivity contribution in [3.05, 3.63) is 21.7 Å². The summed E-state index contributed by atoms with van der Waals surface area (Å²) in [6.07, 6.45) is 0.368. The van der Waals surface area contributed by atoms with E-state index in [4.69, 9.17) is 14.7 Å². The van der Waals surface area contributed by atoms with Crippen molar-refractivity contribution in [2.75, 3.05) is 14.2 Å². The molecule has 4 heteroatoms. The fraction of sp³-hybridized carbons (Fsp3) is 0.462. The summed E-state index contributed by atoms with van der Waals surface area (Å²) < 4.78 is 11.6. The van der Waals surface area contributed by atoms with Crippen LogP contribution in [-0.2, 0) is 6.42 Å². The molecule has 0 fully saturated rings. The molecule has 92 valence electrons. The Kier molecular flexibility index (Phi) is 4.83. The maximum absolute atomic E-state index is 8.87. The molecule has 0 amide bonds. The minimum absolute atomic E-state index is 0.273. The SMILES string of the molecule is COc1c(Br)cc(CC#N)c(C(C)C)c1OC. The fourth-order valence-corrected chi connectivity index (χ4v) is 2.55. The molecular formula is C13H16BrNO2. The fourth-order valence-electron chi connectivity index (χ4n) is 1.93. The minimum Gasteiger partial charge on any atom is -0.493 e. The second kappa shape index (κ2) is 5.92. The monoisotopic (exact) mass is 297 g/mol. The van der Waals surface area contributed by atoms with Gasteiger partial charge < -0.3 is 9.47 Å². The summed E-state index contributed by atoms with van der Waals surface area (Å²) in [4.78, 5) is 0. The van der Waals surface area contributed by atoms with Gasteiger partial charge in [0.15, 0.2) is 11.5 Å². The lowest BCUT2D eigenvalue weighted by Crippen LogP contribution is -2.03. The highest BCUT2D eigenvalue weighted by Gasteiger charge is 2.20. The van der Waals surface area contributed by atoms with Crippen LogP contribution in [0.15, 0.2) is 10.5 Å². The zero-order valence-corrected chi connectivity index (χ0v) is 12.1. The Morgan fingerprint density at radius 3 is 2.29 bits per heavy atom. The molecule has 0 atom stereocenters. The standard InChI is InChI=1S/C13H16BrNO2/c1-8(2)11-9(5-6-15)7-10(14)12(16-3)13(11)17-4/h7-8H,5H2,1-4H3. The Morgan fingerprint density at radius 1 is 1.29 bits per heavy atom. The first-order valence-electron chi connectivity index (χ1n) is 5.37. The average Bonchev–Trinajstić information content (AvgIpc) is 2.27. The maximum Gasteiger partial charge on any atom is 0.175 e. The molecule has 0 aliphatic carbocycles. The van der Waals surface area contributed by atoms with Crippen LogP contribution in [0.2, 0.25) is 0 Å². The third kappa shape index (κ3) is 2.73. The van der Waals surface area contributed by atoms with Gasteiger partial charge >= 0.3 is 0 Å². The largest absolute Gasteiger partial charge is 0.493 e. The van der Waals surface area contributed by atoms with Gasteiger partial charge in [0.1, 0.15) is 0 Å². The molecule has 3 nitrogen and oxygen atoms in total. The van der Waals surface area contributed by atoms with Gasteiger partial charge in [-0.05, 0) is 33.5 Å². The summed E-state index contributed by atoms with van der Waals surface area (Å²) in [5.74, 6) is 1.66. The van der Waals surface area contributed by atoms with Crippen molar-refractivity contribution in [1.29, 1.82) is 5.26 Å². The number of methoxy groups -OCH3 is 2. The van der Waals surface area contributed by atoms with Crippen LogP contribution in [0.1, 0.15) is 30.9 Å². The van der Waals surface area contributed by atoms with E-state index in [-0.39, 0.29) is 5.92 Å².